The van der Waals surface area contributed by atoms with Gasteiger partial charge in [0.15, 0.2) is 5.78 Å². The van der Waals surface area contributed by atoms with Gasteiger partial charge in [0.25, 0.3) is 5.91 Å². The van der Waals surface area contributed by atoms with Crippen molar-refractivity contribution in [3.63, 3.8) is 0 Å². The number of benzene rings is 2. The van der Waals surface area contributed by atoms with Crippen molar-refractivity contribution in [2.24, 2.45) is 0 Å². The van der Waals surface area contributed by atoms with E-state index in [2.05, 4.69) is 6.92 Å². The quantitative estimate of drug-likeness (QED) is 0.760. The zero-order valence-corrected chi connectivity index (χ0v) is 13.1. The minimum absolute atomic E-state index is 0.103. The molecule has 0 saturated heterocycles. The summed E-state index contributed by atoms with van der Waals surface area (Å²) in [6, 6.07) is 16.1. The third kappa shape index (κ3) is 3.61. The molecular formula is C19H21NO2. The van der Waals surface area contributed by atoms with Crippen LogP contribution in [0.3, 0.4) is 0 Å². The van der Waals surface area contributed by atoms with Crippen LogP contribution in [-0.2, 0) is 0 Å². The molecule has 0 spiro atoms. The summed E-state index contributed by atoms with van der Waals surface area (Å²) < 4.78 is 0. The molecule has 114 valence electrons. The van der Waals surface area contributed by atoms with Gasteiger partial charge in [-0.25, -0.2) is 0 Å². The molecule has 0 aliphatic carbocycles. The van der Waals surface area contributed by atoms with Crippen LogP contribution in [-0.4, -0.2) is 30.2 Å². The predicted octanol–water partition coefficient (Wildman–Crippen LogP) is 3.79. The molecule has 0 atom stereocenters. The topological polar surface area (TPSA) is 37.4 Å². The highest BCUT2D eigenvalue weighted by molar-refractivity contribution is 6.15. The second-order valence-electron chi connectivity index (χ2n) is 5.32. The number of nitrogens with zero attached hydrogens (tertiary/aromatic N) is 1. The van der Waals surface area contributed by atoms with E-state index in [1.165, 1.54) is 0 Å². The molecule has 22 heavy (non-hydrogen) atoms. The minimum atomic E-state index is -0.117. The normalized spacial score (nSPS) is 10.3. The van der Waals surface area contributed by atoms with Crippen LogP contribution in [0, 0.1) is 0 Å². The van der Waals surface area contributed by atoms with Crippen molar-refractivity contribution in [1.82, 2.24) is 4.90 Å². The molecule has 0 radical (unpaired) electrons. The highest BCUT2D eigenvalue weighted by atomic mass is 16.2. The van der Waals surface area contributed by atoms with Crippen molar-refractivity contribution in [3.05, 3.63) is 71.3 Å². The Hall–Kier alpha value is -2.42. The highest BCUT2D eigenvalue weighted by Crippen LogP contribution is 2.16. The Morgan fingerprint density at radius 2 is 1.50 bits per heavy atom. The van der Waals surface area contributed by atoms with Crippen molar-refractivity contribution in [1.29, 1.82) is 0 Å². The summed E-state index contributed by atoms with van der Waals surface area (Å²) in [6.45, 7) is 2.79. The number of unbranched alkanes of at least 4 members (excludes halogenated alkanes) is 1. The summed E-state index contributed by atoms with van der Waals surface area (Å²) in [5.74, 6) is -0.221. The Balaban J connectivity index is 2.31. The fraction of sp³-hybridized carbons (Fsp3) is 0.263. The summed E-state index contributed by atoms with van der Waals surface area (Å²) in [5, 5.41) is 0. The van der Waals surface area contributed by atoms with Gasteiger partial charge >= 0.3 is 0 Å². The van der Waals surface area contributed by atoms with E-state index in [9.17, 15) is 9.59 Å². The Morgan fingerprint density at radius 1 is 0.909 bits per heavy atom. The largest absolute Gasteiger partial charge is 0.342 e. The monoisotopic (exact) mass is 295 g/mol. The average Bonchev–Trinajstić information content (AvgIpc) is 2.59. The molecule has 0 aliphatic heterocycles. The Labute approximate surface area is 131 Å². The molecule has 0 bridgehead atoms. The van der Waals surface area contributed by atoms with E-state index < -0.39 is 0 Å². The van der Waals surface area contributed by atoms with Crippen LogP contribution < -0.4 is 0 Å². The molecule has 2 aromatic carbocycles. The maximum absolute atomic E-state index is 12.6. The number of carbonyl (C=O) groups is 2. The molecule has 0 aliphatic rings. The van der Waals surface area contributed by atoms with Crippen LogP contribution in [0.15, 0.2) is 54.6 Å². The standard InChI is InChI=1S/C19H21NO2/c1-3-4-14-20(2)19(22)17-13-9-8-12-16(17)18(21)15-10-6-5-7-11-15/h5-13H,3-4,14H2,1-2H3. The lowest BCUT2D eigenvalue weighted by Crippen LogP contribution is -2.29. The van der Waals surface area contributed by atoms with Gasteiger partial charge in [-0.05, 0) is 12.5 Å². The third-order valence-electron chi connectivity index (χ3n) is 3.63. The van der Waals surface area contributed by atoms with E-state index in [4.69, 9.17) is 0 Å². The maximum atomic E-state index is 12.6. The second kappa shape index (κ2) is 7.55. The number of hydrogen-bond donors (Lipinski definition) is 0. The van der Waals surface area contributed by atoms with Gasteiger partial charge in [0, 0.05) is 24.7 Å². The van der Waals surface area contributed by atoms with Crippen LogP contribution >= 0.6 is 0 Å². The van der Waals surface area contributed by atoms with Crippen LogP contribution in [0.25, 0.3) is 0 Å². The molecule has 3 heteroatoms. The van der Waals surface area contributed by atoms with E-state index in [-0.39, 0.29) is 11.7 Å². The van der Waals surface area contributed by atoms with Crippen LogP contribution in [0.4, 0.5) is 0 Å². The molecule has 3 nitrogen and oxygen atoms in total. The van der Waals surface area contributed by atoms with E-state index in [1.54, 1.807) is 48.3 Å². The molecular weight excluding hydrogens is 274 g/mol. The molecule has 0 fully saturated rings. The summed E-state index contributed by atoms with van der Waals surface area (Å²) in [5.41, 5.74) is 1.52. The molecule has 0 unspecified atom stereocenters. The SMILES string of the molecule is CCCCN(C)C(=O)c1ccccc1C(=O)c1ccccc1. The lowest BCUT2D eigenvalue weighted by Gasteiger charge is -2.18. The predicted molar refractivity (Wildman–Crippen MR) is 88.2 cm³/mol. The smallest absolute Gasteiger partial charge is 0.254 e. The lowest BCUT2D eigenvalue weighted by atomic mass is 9.97. The van der Waals surface area contributed by atoms with Crippen molar-refractivity contribution in [2.75, 3.05) is 13.6 Å². The van der Waals surface area contributed by atoms with Gasteiger partial charge in [-0.15, -0.1) is 0 Å². The highest BCUT2D eigenvalue weighted by Gasteiger charge is 2.20. The lowest BCUT2D eigenvalue weighted by molar-refractivity contribution is 0.0788. The molecule has 2 rings (SSSR count). The van der Waals surface area contributed by atoms with Gasteiger partial charge in [-0.1, -0.05) is 61.9 Å². The van der Waals surface area contributed by atoms with Crippen LogP contribution in [0.5, 0.6) is 0 Å². The Bertz CT molecular complexity index is 649. The molecule has 1 amide bonds. The first-order valence-electron chi connectivity index (χ1n) is 7.59. The van der Waals surface area contributed by atoms with Crippen molar-refractivity contribution < 1.29 is 9.59 Å². The first-order chi connectivity index (χ1) is 10.6. The van der Waals surface area contributed by atoms with Crippen LogP contribution in [0.1, 0.15) is 46.0 Å². The van der Waals surface area contributed by atoms with E-state index in [1.807, 2.05) is 18.2 Å². The number of amides is 1. The van der Waals surface area contributed by atoms with Gasteiger partial charge in [0.1, 0.15) is 0 Å². The number of carbonyl (C=O) groups excluding carboxylic acids is 2. The number of hydrogen-bond acceptors (Lipinski definition) is 2. The molecule has 2 aromatic rings. The van der Waals surface area contributed by atoms with Gasteiger partial charge in [-0.2, -0.15) is 0 Å². The second-order valence-corrected chi connectivity index (χ2v) is 5.32. The fourth-order valence-electron chi connectivity index (χ4n) is 2.32. The van der Waals surface area contributed by atoms with Crippen molar-refractivity contribution >= 4 is 11.7 Å². The zero-order chi connectivity index (χ0) is 15.9. The van der Waals surface area contributed by atoms with Crippen molar-refractivity contribution in [2.45, 2.75) is 19.8 Å². The Kier molecular flexibility index (Phi) is 5.48. The maximum Gasteiger partial charge on any atom is 0.254 e. The van der Waals surface area contributed by atoms with Gasteiger partial charge < -0.3 is 4.90 Å². The van der Waals surface area contributed by atoms with E-state index in [0.29, 0.717) is 23.2 Å². The summed E-state index contributed by atoms with van der Waals surface area (Å²) in [7, 11) is 1.78. The van der Waals surface area contributed by atoms with Gasteiger partial charge in [0.2, 0.25) is 0 Å². The van der Waals surface area contributed by atoms with Crippen LogP contribution in [0.2, 0.25) is 0 Å². The first-order valence-corrected chi connectivity index (χ1v) is 7.59. The molecule has 0 aromatic heterocycles. The first kappa shape index (κ1) is 16.0. The molecule has 0 saturated carbocycles. The molecule has 0 N–H and O–H groups in total. The van der Waals surface area contributed by atoms with E-state index in [0.717, 1.165) is 12.8 Å². The van der Waals surface area contributed by atoms with E-state index >= 15 is 0 Å². The fourth-order valence-corrected chi connectivity index (χ4v) is 2.32. The van der Waals surface area contributed by atoms with Gasteiger partial charge in [0.05, 0.1) is 5.56 Å². The number of ketones is 1. The van der Waals surface area contributed by atoms with Crippen molar-refractivity contribution in [3.8, 4) is 0 Å². The average molecular weight is 295 g/mol. The third-order valence-corrected chi connectivity index (χ3v) is 3.63. The van der Waals surface area contributed by atoms with Gasteiger partial charge in [-0.3, -0.25) is 9.59 Å². The minimum Gasteiger partial charge on any atom is -0.342 e. The summed E-state index contributed by atoms with van der Waals surface area (Å²) in [6.07, 6.45) is 1.99. The zero-order valence-electron chi connectivity index (χ0n) is 13.1. The number of rotatable bonds is 6. The molecule has 0 heterocycles. The summed E-state index contributed by atoms with van der Waals surface area (Å²) in [4.78, 5) is 26.9. The Morgan fingerprint density at radius 3 is 2.14 bits per heavy atom. The summed E-state index contributed by atoms with van der Waals surface area (Å²) >= 11 is 0.